The molecule has 0 saturated carbocycles. The molecule has 27 nitrogen and oxygen atoms in total. The van der Waals surface area contributed by atoms with Crippen molar-refractivity contribution in [3.63, 3.8) is 0 Å². The fourth-order valence-corrected chi connectivity index (χ4v) is 9.44. The molecular weight excluding hydrogens is 1060 g/mol. The van der Waals surface area contributed by atoms with Gasteiger partial charge in [-0.1, -0.05) is 51.2 Å². The Bertz CT molecular complexity index is 2370. The molecular formula is C51H76ClN9O18. The lowest BCUT2D eigenvalue weighted by atomic mass is 9.96. The van der Waals surface area contributed by atoms with Crippen LogP contribution in [0.2, 0.25) is 0 Å². The fraction of sp³-hybridized carbons (Fsp3) is 0.608. The standard InChI is InChI=1S/C51H75N9O18.ClH/c1-3-4-5-6-7-8-20-77-31-15-11-28(12-16-31)44(70)54-32-23-36(66)49(78-21-18-52)58-48(74)41-34(64)17-19-59(41)51(76)39(35(65)24-37(53)67)56-47(73)40(43(69)42(68)27-9-13-29(62)14-10-27)57-46(72)33-22-30(63)25-60(33)50(75)38(26(2)61)55-45(32)71;/h9-16,26,30,32-36,38-43,49,61-66,68-69H,3-8,17-25,52H2,1-2H3,(H2,53,67)(H,54,70)(H,55,71)(H,56,73)(H,57,72)(H,58,74);1H/t26-,30?,32+,33?,34+,35+,36-,38?,39?,40?,41?,42+,43+,49-;/m1./s1. The molecule has 0 spiro atoms. The topological polar surface area (TPSA) is 437 Å². The SMILES string of the molecule is CCCCCCCCOc1ccc(C(=O)N[C@H]2C[C@@H](O)[C@@H](OCC[NH3+])NC(=O)C3[C@@H](O)CCN3C(=O)C([C@@H](O)CC(N)=O)NC(=O)C([C@H](O)[C@@H](O)c3ccc(O)cc3)NC(=O)C3CC(O)CN3C(=O)C([C@@H](C)O)NC2=O)cc1.[Cl-]. The highest BCUT2D eigenvalue weighted by atomic mass is 35.5. The number of nitrogens with zero attached hydrogens (tertiary/aromatic N) is 2. The van der Waals surface area contributed by atoms with Gasteiger partial charge in [-0.2, -0.15) is 0 Å². The highest BCUT2D eigenvalue weighted by Crippen LogP contribution is 2.26. The third kappa shape index (κ3) is 17.9. The van der Waals surface area contributed by atoms with Gasteiger partial charge >= 0.3 is 0 Å². The molecule has 3 aliphatic rings. The van der Waals surface area contributed by atoms with Gasteiger partial charge in [0.25, 0.3) is 5.91 Å². The normalized spacial score (nSPS) is 27.1. The number of phenolic OH excluding ortho intramolecular Hbond substituents is 1. The number of carbonyl (C=O) groups excluding carboxylic acids is 8. The minimum Gasteiger partial charge on any atom is -1.00 e. The Morgan fingerprint density at radius 1 is 0.759 bits per heavy atom. The van der Waals surface area contributed by atoms with Crippen molar-refractivity contribution < 1.29 is 107 Å². The first-order chi connectivity index (χ1) is 37.1. The molecule has 3 saturated heterocycles. The molecule has 6 unspecified atom stereocenters. The van der Waals surface area contributed by atoms with Crippen molar-refractivity contribution in [3.05, 3.63) is 59.7 Å². The zero-order valence-corrected chi connectivity index (χ0v) is 44.8. The zero-order valence-electron chi connectivity index (χ0n) is 44.0. The van der Waals surface area contributed by atoms with Gasteiger partial charge in [0.2, 0.25) is 41.4 Å². The van der Waals surface area contributed by atoms with Gasteiger partial charge in [-0.25, -0.2) is 0 Å². The van der Waals surface area contributed by atoms with Gasteiger partial charge in [0, 0.05) is 31.5 Å². The molecule has 5 rings (SSSR count). The minimum atomic E-state index is -2.37. The van der Waals surface area contributed by atoms with Crippen molar-refractivity contribution >= 4 is 47.3 Å². The van der Waals surface area contributed by atoms with E-state index >= 15 is 0 Å². The van der Waals surface area contributed by atoms with E-state index in [0.717, 1.165) is 79.5 Å². The number of aliphatic hydroxyl groups is 7. The highest BCUT2D eigenvalue weighted by Gasteiger charge is 2.49. The number of nitrogens with two attached hydrogens (primary N) is 1. The van der Waals surface area contributed by atoms with E-state index in [1.807, 2.05) is 0 Å². The number of unbranched alkanes of at least 4 members (excludes halogenated alkanes) is 5. The quantitative estimate of drug-likeness (QED) is 0.0548. The van der Waals surface area contributed by atoms with Crippen LogP contribution >= 0.6 is 0 Å². The molecule has 2 aromatic carbocycles. The third-order valence-corrected chi connectivity index (χ3v) is 13.7. The molecule has 18 N–H and O–H groups in total. The lowest BCUT2D eigenvalue weighted by Crippen LogP contribution is -3.00. The van der Waals surface area contributed by atoms with E-state index in [4.69, 9.17) is 15.2 Å². The van der Waals surface area contributed by atoms with Crippen LogP contribution in [-0.2, 0) is 38.3 Å². The van der Waals surface area contributed by atoms with Crippen molar-refractivity contribution in [2.24, 2.45) is 5.73 Å². The fourth-order valence-electron chi connectivity index (χ4n) is 9.44. The molecule has 3 fully saturated rings. The summed E-state index contributed by atoms with van der Waals surface area (Å²) < 4.78 is 11.6. The van der Waals surface area contributed by atoms with Gasteiger partial charge < -0.3 is 111 Å². The van der Waals surface area contributed by atoms with E-state index < -0.39 is 165 Å². The number of quaternary nitrogens is 1. The lowest BCUT2D eigenvalue weighted by molar-refractivity contribution is -0.376. The summed E-state index contributed by atoms with van der Waals surface area (Å²) in [7, 11) is 0. The number of carbonyl (C=O) groups is 8. The van der Waals surface area contributed by atoms with Crippen LogP contribution in [0.4, 0.5) is 0 Å². The number of amides is 8. The molecule has 8 amide bonds. The Labute approximate surface area is 462 Å². The second-order valence-corrected chi connectivity index (χ2v) is 19.8. The first kappa shape index (κ1) is 65.2. The molecule has 440 valence electrons. The van der Waals surface area contributed by atoms with E-state index in [1.165, 1.54) is 24.3 Å². The number of phenols is 1. The molecule has 3 heterocycles. The summed E-state index contributed by atoms with van der Waals surface area (Å²) in [6.07, 6.45) is -11.6. The van der Waals surface area contributed by atoms with Crippen LogP contribution in [0.1, 0.15) is 100 Å². The van der Waals surface area contributed by atoms with Gasteiger partial charge in [-0.05, 0) is 61.7 Å². The second kappa shape index (κ2) is 30.9. The number of ether oxygens (including phenoxy) is 2. The Kier molecular flexibility index (Phi) is 25.5. The molecule has 79 heavy (non-hydrogen) atoms. The Morgan fingerprint density at radius 3 is 2.01 bits per heavy atom. The molecule has 0 aliphatic carbocycles. The Hall–Kier alpha value is -6.27. The number of primary amides is 1. The first-order valence-corrected chi connectivity index (χ1v) is 26.2. The van der Waals surface area contributed by atoms with Crippen LogP contribution < -0.4 is 55.2 Å². The van der Waals surface area contributed by atoms with E-state index in [2.05, 4.69) is 39.2 Å². The minimum absolute atomic E-state index is 0. The zero-order chi connectivity index (χ0) is 57.4. The number of nitrogens with one attached hydrogen (secondary N) is 5. The van der Waals surface area contributed by atoms with Crippen LogP contribution in [0, 0.1) is 0 Å². The Balaban J connectivity index is 0.0000134. The number of hydrogen-bond acceptors (Lipinski definition) is 18. The molecule has 0 bridgehead atoms. The third-order valence-electron chi connectivity index (χ3n) is 13.7. The second-order valence-electron chi connectivity index (χ2n) is 19.8. The van der Waals surface area contributed by atoms with Crippen molar-refractivity contribution in [2.45, 2.75) is 163 Å². The first-order valence-electron chi connectivity index (χ1n) is 26.2. The number of hydrogen-bond donors (Lipinski definition) is 15. The smallest absolute Gasteiger partial charge is 0.251 e. The summed E-state index contributed by atoms with van der Waals surface area (Å²) in [5, 5.41) is 101. The summed E-state index contributed by atoms with van der Waals surface area (Å²) in [4.78, 5) is 114. The van der Waals surface area contributed by atoms with Gasteiger partial charge in [0.1, 0.15) is 66.1 Å². The number of aromatic hydroxyl groups is 1. The van der Waals surface area contributed by atoms with Crippen LogP contribution in [0.15, 0.2) is 48.5 Å². The Morgan fingerprint density at radius 2 is 1.38 bits per heavy atom. The van der Waals surface area contributed by atoms with Crippen molar-refractivity contribution in [3.8, 4) is 11.5 Å². The summed E-state index contributed by atoms with van der Waals surface area (Å²) in [5.74, 6) is -9.53. The van der Waals surface area contributed by atoms with Crippen LogP contribution in [0.25, 0.3) is 0 Å². The van der Waals surface area contributed by atoms with E-state index in [-0.39, 0.29) is 48.9 Å². The van der Waals surface area contributed by atoms with Gasteiger partial charge in [0.15, 0.2) is 6.23 Å². The number of halogens is 1. The van der Waals surface area contributed by atoms with E-state index in [0.29, 0.717) is 12.4 Å². The summed E-state index contributed by atoms with van der Waals surface area (Å²) >= 11 is 0. The molecule has 14 atom stereocenters. The average molecular weight is 1140 g/mol. The van der Waals surface area contributed by atoms with Crippen molar-refractivity contribution in [1.29, 1.82) is 0 Å². The van der Waals surface area contributed by atoms with Crippen LogP contribution in [-0.4, -0.2) is 210 Å². The molecule has 0 aromatic heterocycles. The average Bonchev–Trinajstić information content (AvgIpc) is 4.00. The van der Waals surface area contributed by atoms with Gasteiger partial charge in [-0.3, -0.25) is 38.4 Å². The van der Waals surface area contributed by atoms with E-state index in [1.54, 1.807) is 0 Å². The molecule has 0 radical (unpaired) electrons. The lowest BCUT2D eigenvalue weighted by Gasteiger charge is -2.34. The van der Waals surface area contributed by atoms with E-state index in [9.17, 15) is 79.2 Å². The number of rotatable bonds is 20. The van der Waals surface area contributed by atoms with Crippen molar-refractivity contribution in [1.82, 2.24) is 36.4 Å². The summed E-state index contributed by atoms with van der Waals surface area (Å²) in [5.41, 5.74) is 8.97. The summed E-state index contributed by atoms with van der Waals surface area (Å²) in [6.45, 7) is 2.44. The molecule has 3 aliphatic heterocycles. The molecule has 28 heteroatoms. The van der Waals surface area contributed by atoms with Crippen molar-refractivity contribution in [2.75, 3.05) is 32.8 Å². The number of aliphatic hydroxyl groups excluding tert-OH is 7. The molecule has 2 aromatic rings. The van der Waals surface area contributed by atoms with Crippen LogP contribution in [0.5, 0.6) is 11.5 Å². The van der Waals surface area contributed by atoms with Gasteiger partial charge in [0.05, 0.1) is 50.6 Å². The largest absolute Gasteiger partial charge is 1.00 e. The highest BCUT2D eigenvalue weighted by molar-refractivity contribution is 6.00. The predicted molar refractivity (Wildman–Crippen MR) is 271 cm³/mol. The maximum absolute atomic E-state index is 14.6. The van der Waals surface area contributed by atoms with Gasteiger partial charge in [-0.15, -0.1) is 0 Å². The monoisotopic (exact) mass is 1140 g/mol. The number of fused-ring (bicyclic) bond motifs is 2. The maximum atomic E-state index is 14.6. The summed E-state index contributed by atoms with van der Waals surface area (Å²) in [6, 6.07) is -1.53. The number of benzene rings is 2. The maximum Gasteiger partial charge on any atom is 0.251 e. The predicted octanol–water partition coefficient (Wildman–Crippen LogP) is -8.21. The van der Waals surface area contributed by atoms with Crippen LogP contribution in [0.3, 0.4) is 0 Å².